The molecule has 17 heavy (non-hydrogen) atoms. The third kappa shape index (κ3) is 3.09. The molecule has 1 aromatic rings. The van der Waals surface area contributed by atoms with E-state index in [1.165, 1.54) is 12.1 Å². The van der Waals surface area contributed by atoms with E-state index in [-0.39, 0.29) is 23.5 Å². The van der Waals surface area contributed by atoms with Crippen molar-refractivity contribution >= 4 is 11.9 Å². The Labute approximate surface area is 100 Å². The van der Waals surface area contributed by atoms with E-state index in [9.17, 15) is 9.59 Å². The first kappa shape index (κ1) is 13.3. The number of nitrogens with zero attached hydrogens (tertiary/aromatic N) is 1. The van der Waals surface area contributed by atoms with Gasteiger partial charge in [-0.05, 0) is 25.5 Å². The van der Waals surface area contributed by atoms with E-state index < -0.39 is 5.97 Å². The summed E-state index contributed by atoms with van der Waals surface area (Å²) in [7, 11) is 1.69. The zero-order valence-electron chi connectivity index (χ0n) is 10.3. The lowest BCUT2D eigenvalue weighted by molar-refractivity contribution is 0.0646. The average Bonchev–Trinajstić information content (AvgIpc) is 2.76. The lowest BCUT2D eigenvalue weighted by Crippen LogP contribution is -2.34. The molecule has 0 fully saturated rings. The van der Waals surface area contributed by atoms with E-state index in [2.05, 4.69) is 0 Å². The van der Waals surface area contributed by atoms with Crippen molar-refractivity contribution in [3.63, 3.8) is 0 Å². The van der Waals surface area contributed by atoms with Crippen molar-refractivity contribution in [1.29, 1.82) is 0 Å². The second-order valence-electron chi connectivity index (χ2n) is 4.02. The van der Waals surface area contributed by atoms with Gasteiger partial charge in [-0.25, -0.2) is 4.79 Å². The molecule has 1 amide bonds. The zero-order valence-corrected chi connectivity index (χ0v) is 10.3. The lowest BCUT2D eigenvalue weighted by Gasteiger charge is -2.23. The zero-order chi connectivity index (χ0) is 13.0. The Balaban J connectivity index is 2.77. The van der Waals surface area contributed by atoms with Gasteiger partial charge in [-0.3, -0.25) is 4.79 Å². The molecule has 1 N–H and O–H groups in total. The van der Waals surface area contributed by atoms with Crippen LogP contribution in [-0.4, -0.2) is 35.0 Å². The van der Waals surface area contributed by atoms with Crippen LogP contribution in [0.2, 0.25) is 0 Å². The minimum Gasteiger partial charge on any atom is -0.475 e. The van der Waals surface area contributed by atoms with Crippen molar-refractivity contribution in [3.8, 4) is 0 Å². The number of rotatable bonds is 5. The molecule has 1 unspecified atom stereocenters. The molecule has 1 heterocycles. The Morgan fingerprint density at radius 2 is 2.00 bits per heavy atom. The van der Waals surface area contributed by atoms with Gasteiger partial charge in [0.2, 0.25) is 5.76 Å². The summed E-state index contributed by atoms with van der Waals surface area (Å²) >= 11 is 0. The van der Waals surface area contributed by atoms with Gasteiger partial charge in [0.15, 0.2) is 5.76 Å². The van der Waals surface area contributed by atoms with Crippen LogP contribution in [0.15, 0.2) is 16.5 Å². The monoisotopic (exact) mass is 239 g/mol. The number of carboxylic acids is 1. The van der Waals surface area contributed by atoms with E-state index in [4.69, 9.17) is 9.52 Å². The van der Waals surface area contributed by atoms with Crippen LogP contribution in [0.25, 0.3) is 0 Å². The molecule has 1 rings (SSSR count). The van der Waals surface area contributed by atoms with Crippen molar-refractivity contribution in [2.24, 2.45) is 0 Å². The second kappa shape index (κ2) is 5.52. The molecule has 0 aliphatic heterocycles. The fourth-order valence-electron chi connectivity index (χ4n) is 1.55. The Morgan fingerprint density at radius 1 is 1.41 bits per heavy atom. The summed E-state index contributed by atoms with van der Waals surface area (Å²) in [5.41, 5.74) is 0. The number of hydrogen-bond acceptors (Lipinski definition) is 3. The van der Waals surface area contributed by atoms with Crippen LogP contribution in [0.4, 0.5) is 0 Å². The van der Waals surface area contributed by atoms with Gasteiger partial charge in [-0.1, -0.05) is 13.3 Å². The molecule has 94 valence electrons. The largest absolute Gasteiger partial charge is 0.475 e. The van der Waals surface area contributed by atoms with Crippen molar-refractivity contribution < 1.29 is 19.1 Å². The highest BCUT2D eigenvalue weighted by molar-refractivity contribution is 5.93. The van der Waals surface area contributed by atoms with Gasteiger partial charge in [0, 0.05) is 13.1 Å². The number of carboxylic acid groups (broad SMARTS) is 1. The van der Waals surface area contributed by atoms with Crippen molar-refractivity contribution in [2.45, 2.75) is 32.7 Å². The maximum atomic E-state index is 11.9. The summed E-state index contributed by atoms with van der Waals surface area (Å²) in [6, 6.07) is 2.78. The smallest absolute Gasteiger partial charge is 0.371 e. The second-order valence-corrected chi connectivity index (χ2v) is 4.02. The van der Waals surface area contributed by atoms with Crippen LogP contribution in [0.3, 0.4) is 0 Å². The number of hydrogen-bond donors (Lipinski definition) is 1. The predicted octanol–water partition coefficient (Wildman–Crippen LogP) is 2.24. The molecule has 1 aromatic heterocycles. The molecule has 0 radical (unpaired) electrons. The summed E-state index contributed by atoms with van der Waals surface area (Å²) in [4.78, 5) is 24.1. The van der Waals surface area contributed by atoms with Gasteiger partial charge in [-0.2, -0.15) is 0 Å². The quantitative estimate of drug-likeness (QED) is 0.855. The molecule has 0 saturated heterocycles. The van der Waals surface area contributed by atoms with E-state index in [0.29, 0.717) is 0 Å². The number of carbonyl (C=O) groups is 2. The minimum absolute atomic E-state index is 0.0628. The van der Waals surface area contributed by atoms with Crippen molar-refractivity contribution in [2.75, 3.05) is 7.05 Å². The summed E-state index contributed by atoms with van der Waals surface area (Å²) in [6.45, 7) is 3.99. The SMILES string of the molecule is CCCC(C)N(C)C(=O)c1ccc(C(=O)O)o1. The highest BCUT2D eigenvalue weighted by atomic mass is 16.4. The van der Waals surface area contributed by atoms with E-state index in [1.807, 2.05) is 13.8 Å². The maximum Gasteiger partial charge on any atom is 0.371 e. The van der Waals surface area contributed by atoms with Gasteiger partial charge in [0.05, 0.1) is 0 Å². The molecule has 0 aliphatic rings. The molecule has 1 atom stereocenters. The van der Waals surface area contributed by atoms with Gasteiger partial charge < -0.3 is 14.4 Å². The standard InChI is InChI=1S/C12H17NO4/c1-4-5-8(2)13(3)11(14)9-6-7-10(17-9)12(15)16/h6-8H,4-5H2,1-3H3,(H,15,16). The van der Waals surface area contributed by atoms with E-state index in [0.717, 1.165) is 12.8 Å². The van der Waals surface area contributed by atoms with Gasteiger partial charge in [0.1, 0.15) is 0 Å². The third-order valence-electron chi connectivity index (χ3n) is 2.72. The Hall–Kier alpha value is -1.78. The first-order chi connectivity index (χ1) is 7.97. The van der Waals surface area contributed by atoms with Crippen LogP contribution < -0.4 is 0 Å². The fraction of sp³-hybridized carbons (Fsp3) is 0.500. The summed E-state index contributed by atoms with van der Waals surface area (Å²) < 4.78 is 4.97. The number of furan rings is 1. The minimum atomic E-state index is -1.17. The molecule has 0 saturated carbocycles. The van der Waals surface area contributed by atoms with Crippen molar-refractivity contribution in [1.82, 2.24) is 4.90 Å². The number of aromatic carboxylic acids is 1. The molecule has 0 bridgehead atoms. The highest BCUT2D eigenvalue weighted by Crippen LogP contribution is 2.13. The number of carbonyl (C=O) groups excluding carboxylic acids is 1. The normalized spacial score (nSPS) is 12.2. The molecule has 5 nitrogen and oxygen atoms in total. The van der Waals surface area contributed by atoms with Crippen LogP contribution >= 0.6 is 0 Å². The molecule has 5 heteroatoms. The van der Waals surface area contributed by atoms with E-state index in [1.54, 1.807) is 11.9 Å². The molecule has 0 aliphatic carbocycles. The van der Waals surface area contributed by atoms with Crippen LogP contribution in [-0.2, 0) is 0 Å². The highest BCUT2D eigenvalue weighted by Gasteiger charge is 2.21. The Bertz CT molecular complexity index is 410. The lowest BCUT2D eigenvalue weighted by atomic mass is 10.1. The van der Waals surface area contributed by atoms with Crippen molar-refractivity contribution in [3.05, 3.63) is 23.7 Å². The average molecular weight is 239 g/mol. The van der Waals surface area contributed by atoms with Gasteiger partial charge >= 0.3 is 5.97 Å². The Kier molecular flexibility index (Phi) is 4.31. The van der Waals surface area contributed by atoms with Gasteiger partial charge in [0.25, 0.3) is 5.91 Å². The molecular formula is C12H17NO4. The fourth-order valence-corrected chi connectivity index (χ4v) is 1.55. The van der Waals surface area contributed by atoms with Crippen LogP contribution in [0, 0.1) is 0 Å². The van der Waals surface area contributed by atoms with Crippen LogP contribution in [0.1, 0.15) is 47.8 Å². The first-order valence-corrected chi connectivity index (χ1v) is 5.57. The molecule has 0 aromatic carbocycles. The summed E-state index contributed by atoms with van der Waals surface area (Å²) in [5.74, 6) is -1.62. The topological polar surface area (TPSA) is 70.8 Å². The third-order valence-corrected chi connectivity index (χ3v) is 2.72. The molecule has 0 spiro atoms. The predicted molar refractivity (Wildman–Crippen MR) is 62.1 cm³/mol. The maximum absolute atomic E-state index is 11.9. The number of amides is 1. The Morgan fingerprint density at radius 3 is 2.47 bits per heavy atom. The summed E-state index contributed by atoms with van der Waals surface area (Å²) in [6.07, 6.45) is 1.88. The van der Waals surface area contributed by atoms with Crippen LogP contribution in [0.5, 0.6) is 0 Å². The van der Waals surface area contributed by atoms with E-state index >= 15 is 0 Å². The first-order valence-electron chi connectivity index (χ1n) is 5.57. The van der Waals surface area contributed by atoms with Gasteiger partial charge in [-0.15, -0.1) is 0 Å². The summed E-state index contributed by atoms with van der Waals surface area (Å²) in [5, 5.41) is 8.69. The molecular weight excluding hydrogens is 222 g/mol.